The summed E-state index contributed by atoms with van der Waals surface area (Å²) in [5, 5.41) is 2.48. The maximum Gasteiger partial charge on any atom is 0.284 e. The van der Waals surface area contributed by atoms with E-state index < -0.39 is 15.9 Å². The first-order chi connectivity index (χ1) is 11.3. The van der Waals surface area contributed by atoms with E-state index in [-0.39, 0.29) is 10.1 Å². The molecule has 2 heterocycles. The highest BCUT2D eigenvalue weighted by atomic mass is 32.2. The van der Waals surface area contributed by atoms with Crippen LogP contribution in [-0.2, 0) is 14.8 Å². The van der Waals surface area contributed by atoms with Crippen molar-refractivity contribution in [3.8, 4) is 0 Å². The fraction of sp³-hybridized carbons (Fsp3) is 0.125. The number of thioether (sulfide) groups is 1. The number of sulfonamides is 1. The van der Waals surface area contributed by atoms with Crippen LogP contribution in [0.1, 0.15) is 17.1 Å². The van der Waals surface area contributed by atoms with Crippen molar-refractivity contribution in [2.45, 2.75) is 18.7 Å². The van der Waals surface area contributed by atoms with Crippen LogP contribution in [0.4, 0.5) is 0 Å². The number of nitrogens with zero attached hydrogens (tertiary/aromatic N) is 1. The largest absolute Gasteiger partial charge is 0.462 e. The van der Waals surface area contributed by atoms with Crippen molar-refractivity contribution >= 4 is 38.9 Å². The number of aryl methyl sites for hydroxylation is 2. The molecule has 0 aliphatic carbocycles. The zero-order valence-electron chi connectivity index (χ0n) is 12.9. The fourth-order valence-electron chi connectivity index (χ4n) is 2.00. The van der Waals surface area contributed by atoms with E-state index >= 15 is 0 Å². The lowest BCUT2D eigenvalue weighted by Crippen LogP contribution is -2.20. The molecule has 1 aliphatic rings. The molecule has 1 aliphatic heterocycles. The van der Waals surface area contributed by atoms with Crippen molar-refractivity contribution in [2.75, 3.05) is 0 Å². The molecule has 124 valence electrons. The van der Waals surface area contributed by atoms with Crippen LogP contribution in [0.2, 0.25) is 0 Å². The highest BCUT2D eigenvalue weighted by Gasteiger charge is 2.26. The van der Waals surface area contributed by atoms with E-state index in [0.717, 1.165) is 23.1 Å². The summed E-state index contributed by atoms with van der Waals surface area (Å²) in [5.41, 5.74) is 0.948. The predicted octanol–water partition coefficient (Wildman–Crippen LogP) is 2.85. The van der Waals surface area contributed by atoms with Gasteiger partial charge in [-0.05, 0) is 49.9 Å². The van der Waals surface area contributed by atoms with Crippen molar-refractivity contribution in [1.82, 2.24) is 5.32 Å². The molecule has 8 heteroatoms. The number of hydrogen-bond acceptors (Lipinski definition) is 5. The summed E-state index contributed by atoms with van der Waals surface area (Å²) in [6, 6.07) is 9.86. The van der Waals surface area contributed by atoms with E-state index in [4.69, 9.17) is 4.42 Å². The Balaban J connectivity index is 1.86. The highest BCUT2D eigenvalue weighted by Crippen LogP contribution is 2.28. The minimum atomic E-state index is -3.87. The van der Waals surface area contributed by atoms with Crippen LogP contribution in [0, 0.1) is 13.8 Å². The normalized spacial score (nSPS) is 18.3. The van der Waals surface area contributed by atoms with Gasteiger partial charge in [-0.1, -0.05) is 17.7 Å². The molecule has 1 saturated heterocycles. The number of hydrogen-bond donors (Lipinski definition) is 1. The van der Waals surface area contributed by atoms with Crippen LogP contribution >= 0.6 is 11.8 Å². The van der Waals surface area contributed by atoms with Gasteiger partial charge in [0.05, 0.1) is 9.80 Å². The van der Waals surface area contributed by atoms with Gasteiger partial charge in [0.15, 0.2) is 5.17 Å². The van der Waals surface area contributed by atoms with E-state index in [0.29, 0.717) is 10.7 Å². The molecule has 1 fully saturated rings. The van der Waals surface area contributed by atoms with Crippen LogP contribution in [0.5, 0.6) is 0 Å². The Labute approximate surface area is 143 Å². The molecule has 0 saturated carbocycles. The van der Waals surface area contributed by atoms with Gasteiger partial charge in [-0.3, -0.25) is 10.1 Å². The lowest BCUT2D eigenvalue weighted by atomic mass is 10.2. The molecular weight excluding hydrogens is 348 g/mol. The standard InChI is InChI=1S/C16H14N2O4S2/c1-10-3-7-13(8-4-10)24(20,21)18-16-17-15(19)14(23-16)9-12-6-5-11(2)22-12/h3-9H,1-2H3,(H,17,18,19)/b14-9+. The first-order valence-electron chi connectivity index (χ1n) is 7.02. The third-order valence-corrected chi connectivity index (χ3v) is 5.52. The summed E-state index contributed by atoms with van der Waals surface area (Å²) >= 11 is 0.959. The summed E-state index contributed by atoms with van der Waals surface area (Å²) in [4.78, 5) is 12.3. The summed E-state index contributed by atoms with van der Waals surface area (Å²) in [6.07, 6.45) is 1.55. The van der Waals surface area contributed by atoms with Gasteiger partial charge in [0.25, 0.3) is 15.9 Å². The Morgan fingerprint density at radius 3 is 2.46 bits per heavy atom. The topological polar surface area (TPSA) is 88.7 Å². The number of amides is 1. The zero-order valence-corrected chi connectivity index (χ0v) is 14.6. The van der Waals surface area contributed by atoms with Gasteiger partial charge in [0, 0.05) is 6.08 Å². The summed E-state index contributed by atoms with van der Waals surface area (Å²) in [5.74, 6) is 0.834. The molecule has 24 heavy (non-hydrogen) atoms. The van der Waals surface area contributed by atoms with E-state index in [1.165, 1.54) is 12.1 Å². The second-order valence-electron chi connectivity index (χ2n) is 5.20. The average molecular weight is 362 g/mol. The second-order valence-corrected chi connectivity index (χ2v) is 7.83. The quantitative estimate of drug-likeness (QED) is 0.848. The number of carbonyl (C=O) groups excluding carboxylic acids is 1. The van der Waals surface area contributed by atoms with Crippen molar-refractivity contribution in [3.05, 3.63) is 58.4 Å². The van der Waals surface area contributed by atoms with E-state index in [9.17, 15) is 13.2 Å². The van der Waals surface area contributed by atoms with Crippen LogP contribution in [0.3, 0.4) is 0 Å². The van der Waals surface area contributed by atoms with Gasteiger partial charge in [-0.2, -0.15) is 8.42 Å². The number of rotatable bonds is 3. The van der Waals surface area contributed by atoms with E-state index in [2.05, 4.69) is 9.71 Å². The SMILES string of the molecule is Cc1ccc(S(=O)(=O)/N=C2/NC(=O)/C(=C\c3ccc(C)o3)S2)cc1. The summed E-state index contributed by atoms with van der Waals surface area (Å²) in [6.45, 7) is 3.66. The fourth-order valence-corrected chi connectivity index (χ4v) is 3.97. The zero-order chi connectivity index (χ0) is 17.3. The maximum absolute atomic E-state index is 12.3. The van der Waals surface area contributed by atoms with Gasteiger partial charge < -0.3 is 4.42 Å². The Morgan fingerprint density at radius 1 is 1.12 bits per heavy atom. The Bertz CT molecular complexity index is 954. The van der Waals surface area contributed by atoms with Gasteiger partial charge >= 0.3 is 0 Å². The minimum absolute atomic E-state index is 0.0232. The van der Waals surface area contributed by atoms with E-state index in [1.54, 1.807) is 37.3 Å². The number of nitrogens with one attached hydrogen (secondary N) is 1. The molecule has 1 amide bonds. The Hall–Kier alpha value is -2.32. The van der Waals surface area contributed by atoms with Gasteiger partial charge in [0.2, 0.25) is 0 Å². The smallest absolute Gasteiger partial charge is 0.284 e. The predicted molar refractivity (Wildman–Crippen MR) is 93.0 cm³/mol. The molecule has 0 bridgehead atoms. The monoisotopic (exact) mass is 362 g/mol. The molecule has 0 spiro atoms. The molecule has 3 rings (SSSR count). The molecule has 0 atom stereocenters. The number of benzene rings is 1. The summed E-state index contributed by atoms with van der Waals surface area (Å²) in [7, 11) is -3.87. The molecule has 2 aromatic rings. The maximum atomic E-state index is 12.3. The van der Waals surface area contributed by atoms with Crippen molar-refractivity contribution in [3.63, 3.8) is 0 Å². The van der Waals surface area contributed by atoms with Crippen molar-refractivity contribution < 1.29 is 17.6 Å². The number of carbonyl (C=O) groups is 1. The molecule has 0 radical (unpaired) electrons. The average Bonchev–Trinajstić information content (AvgIpc) is 3.05. The molecule has 1 aromatic heterocycles. The van der Waals surface area contributed by atoms with Crippen LogP contribution in [-0.4, -0.2) is 19.5 Å². The van der Waals surface area contributed by atoms with Crippen LogP contribution in [0.25, 0.3) is 6.08 Å². The highest BCUT2D eigenvalue weighted by molar-refractivity contribution is 8.19. The molecule has 0 unspecified atom stereocenters. The third kappa shape index (κ3) is 3.60. The number of furan rings is 1. The van der Waals surface area contributed by atoms with Gasteiger partial charge in [-0.15, -0.1) is 4.40 Å². The minimum Gasteiger partial charge on any atom is -0.462 e. The lowest BCUT2D eigenvalue weighted by Gasteiger charge is -2.00. The Morgan fingerprint density at radius 2 is 1.83 bits per heavy atom. The second kappa shape index (κ2) is 6.29. The van der Waals surface area contributed by atoms with E-state index in [1.807, 2.05) is 6.92 Å². The summed E-state index contributed by atoms with van der Waals surface area (Å²) < 4.78 is 33.7. The van der Waals surface area contributed by atoms with Gasteiger partial charge in [-0.25, -0.2) is 0 Å². The molecule has 1 N–H and O–H groups in total. The van der Waals surface area contributed by atoms with Gasteiger partial charge in [0.1, 0.15) is 11.5 Å². The third-order valence-electron chi connectivity index (χ3n) is 3.21. The van der Waals surface area contributed by atoms with Crippen LogP contribution in [0.15, 0.2) is 55.0 Å². The first-order valence-corrected chi connectivity index (χ1v) is 9.28. The number of amidine groups is 1. The van der Waals surface area contributed by atoms with Crippen molar-refractivity contribution in [2.24, 2.45) is 4.40 Å². The van der Waals surface area contributed by atoms with Crippen LogP contribution < -0.4 is 5.32 Å². The Kier molecular flexibility index (Phi) is 4.33. The van der Waals surface area contributed by atoms with Crippen molar-refractivity contribution in [1.29, 1.82) is 0 Å². The molecule has 1 aromatic carbocycles. The molecular formula is C16H14N2O4S2. The lowest BCUT2D eigenvalue weighted by molar-refractivity contribution is -0.115. The molecule has 6 nitrogen and oxygen atoms in total. The first kappa shape index (κ1) is 16.5.